The Balaban J connectivity index is 1.45. The summed E-state index contributed by atoms with van der Waals surface area (Å²) in [5.74, 6) is -0.263. The number of nitrogens with zero attached hydrogens (tertiary/aromatic N) is 1. The molecule has 1 aromatic heterocycles. The van der Waals surface area contributed by atoms with Gasteiger partial charge in [-0.2, -0.15) is 0 Å². The molecule has 0 saturated heterocycles. The molecule has 28 heavy (non-hydrogen) atoms. The minimum absolute atomic E-state index is 0.0571. The predicted octanol–water partition coefficient (Wildman–Crippen LogP) is 4.56. The first-order valence-electron chi connectivity index (χ1n) is 8.78. The van der Waals surface area contributed by atoms with Crippen LogP contribution in [-0.2, 0) is 16.0 Å². The maximum absolute atomic E-state index is 13.8. The van der Waals surface area contributed by atoms with Gasteiger partial charge in [0, 0.05) is 12.5 Å². The molecule has 5 nitrogen and oxygen atoms in total. The van der Waals surface area contributed by atoms with Crippen LogP contribution in [0.2, 0.25) is 0 Å². The second kappa shape index (κ2) is 9.12. The van der Waals surface area contributed by atoms with Crippen molar-refractivity contribution in [3.63, 3.8) is 0 Å². The van der Waals surface area contributed by atoms with E-state index in [0.717, 1.165) is 0 Å². The van der Waals surface area contributed by atoms with Crippen LogP contribution in [0.5, 0.6) is 5.75 Å². The van der Waals surface area contributed by atoms with E-state index >= 15 is 0 Å². The Bertz CT molecular complexity index is 941. The summed E-state index contributed by atoms with van der Waals surface area (Å²) in [6, 6.07) is 11.9. The number of hydrogen-bond acceptors (Lipinski definition) is 5. The average Bonchev–Trinajstić information content (AvgIpc) is 3.14. The van der Waals surface area contributed by atoms with Crippen molar-refractivity contribution in [3.05, 3.63) is 72.3 Å². The van der Waals surface area contributed by atoms with Gasteiger partial charge >= 0.3 is 5.97 Å². The minimum Gasteiger partial charge on any atom is -0.490 e. The van der Waals surface area contributed by atoms with Crippen LogP contribution in [0.3, 0.4) is 0 Å². The second-order valence-corrected chi connectivity index (χ2v) is 6.17. The van der Waals surface area contributed by atoms with E-state index in [1.165, 1.54) is 30.5 Å². The number of carbonyl (C=O) groups is 1. The topological polar surface area (TPSA) is 61.6 Å². The molecule has 0 aliphatic carbocycles. The van der Waals surface area contributed by atoms with Gasteiger partial charge in [0.15, 0.2) is 11.7 Å². The lowest BCUT2D eigenvalue weighted by Gasteiger charge is -2.14. The van der Waals surface area contributed by atoms with Crippen LogP contribution in [0.25, 0.3) is 11.3 Å². The lowest BCUT2D eigenvalue weighted by atomic mass is 10.2. The molecule has 3 aromatic rings. The molecule has 1 unspecified atom stereocenters. The second-order valence-electron chi connectivity index (χ2n) is 6.17. The zero-order valence-corrected chi connectivity index (χ0v) is 15.2. The zero-order chi connectivity index (χ0) is 19.9. The molecule has 0 amide bonds. The highest BCUT2D eigenvalue weighted by Crippen LogP contribution is 2.23. The highest BCUT2D eigenvalue weighted by atomic mass is 19.1. The Kier molecular flexibility index (Phi) is 6.37. The van der Waals surface area contributed by atoms with Crippen LogP contribution in [0, 0.1) is 11.6 Å². The first-order chi connectivity index (χ1) is 13.5. The van der Waals surface area contributed by atoms with Gasteiger partial charge in [-0.05, 0) is 31.2 Å². The molecule has 1 heterocycles. The van der Waals surface area contributed by atoms with Crippen molar-refractivity contribution in [2.24, 2.45) is 0 Å². The quantitative estimate of drug-likeness (QED) is 0.530. The first kappa shape index (κ1) is 19.5. The lowest BCUT2D eigenvalue weighted by Crippen LogP contribution is -2.22. The van der Waals surface area contributed by atoms with E-state index in [9.17, 15) is 13.6 Å². The summed E-state index contributed by atoms with van der Waals surface area (Å²) in [5.41, 5.74) is 0.312. The third-order valence-corrected chi connectivity index (χ3v) is 3.85. The van der Waals surface area contributed by atoms with Crippen LogP contribution >= 0.6 is 0 Å². The zero-order valence-electron chi connectivity index (χ0n) is 15.2. The van der Waals surface area contributed by atoms with E-state index < -0.39 is 23.7 Å². The molecule has 0 spiro atoms. The molecular formula is C21H19F2NO4. The van der Waals surface area contributed by atoms with Crippen molar-refractivity contribution in [1.82, 2.24) is 4.98 Å². The number of esters is 1. The number of benzene rings is 2. The monoisotopic (exact) mass is 387 g/mol. The summed E-state index contributed by atoms with van der Waals surface area (Å²) in [6.45, 7) is 1.78. The van der Waals surface area contributed by atoms with E-state index in [0.29, 0.717) is 23.0 Å². The molecular weight excluding hydrogens is 368 g/mol. The number of oxazole rings is 1. The molecule has 0 bridgehead atoms. The maximum Gasteiger partial charge on any atom is 0.306 e. The highest BCUT2D eigenvalue weighted by Gasteiger charge is 2.14. The molecule has 0 aliphatic rings. The van der Waals surface area contributed by atoms with Gasteiger partial charge in [0.25, 0.3) is 0 Å². The Hall–Kier alpha value is -3.22. The third kappa shape index (κ3) is 5.39. The van der Waals surface area contributed by atoms with Crippen molar-refractivity contribution in [1.29, 1.82) is 0 Å². The maximum atomic E-state index is 13.8. The van der Waals surface area contributed by atoms with Crippen molar-refractivity contribution >= 4 is 5.97 Å². The van der Waals surface area contributed by atoms with Gasteiger partial charge in [-0.1, -0.05) is 18.2 Å². The Labute approximate surface area is 160 Å². The smallest absolute Gasteiger partial charge is 0.306 e. The van der Waals surface area contributed by atoms with Crippen molar-refractivity contribution in [2.45, 2.75) is 25.9 Å². The summed E-state index contributed by atoms with van der Waals surface area (Å²) in [4.78, 5) is 16.0. The molecule has 7 heteroatoms. The predicted molar refractivity (Wildman–Crippen MR) is 97.7 cm³/mol. The molecule has 1 atom stereocenters. The minimum atomic E-state index is -0.505. The summed E-state index contributed by atoms with van der Waals surface area (Å²) in [6.07, 6.45) is 1.20. The molecule has 146 valence electrons. The van der Waals surface area contributed by atoms with E-state index in [4.69, 9.17) is 13.9 Å². The molecule has 3 rings (SSSR count). The van der Waals surface area contributed by atoms with Gasteiger partial charge in [0.05, 0.1) is 18.2 Å². The summed E-state index contributed by atoms with van der Waals surface area (Å²) >= 11 is 0. The van der Waals surface area contributed by atoms with E-state index in [1.807, 2.05) is 0 Å². The molecule has 0 radical (unpaired) electrons. The fourth-order valence-corrected chi connectivity index (χ4v) is 2.51. The van der Waals surface area contributed by atoms with Crippen LogP contribution in [0.1, 0.15) is 19.2 Å². The first-order valence-corrected chi connectivity index (χ1v) is 8.78. The van der Waals surface area contributed by atoms with Gasteiger partial charge in [-0.25, -0.2) is 13.8 Å². The van der Waals surface area contributed by atoms with Crippen molar-refractivity contribution < 1.29 is 27.5 Å². The SMILES string of the molecule is CC(COc1cccc(F)c1)OC(=O)CCc1ncc(-c2ccccc2F)o1. The van der Waals surface area contributed by atoms with Gasteiger partial charge in [0.1, 0.15) is 30.1 Å². The highest BCUT2D eigenvalue weighted by molar-refractivity contribution is 5.69. The van der Waals surface area contributed by atoms with Gasteiger partial charge < -0.3 is 13.9 Å². The van der Waals surface area contributed by atoms with Crippen LogP contribution in [0.15, 0.2) is 59.1 Å². The summed E-state index contributed by atoms with van der Waals surface area (Å²) in [5, 5.41) is 0. The number of aromatic nitrogens is 1. The molecule has 0 aliphatic heterocycles. The van der Waals surface area contributed by atoms with E-state index in [-0.39, 0.29) is 19.4 Å². The third-order valence-electron chi connectivity index (χ3n) is 3.85. The van der Waals surface area contributed by atoms with Crippen LogP contribution in [-0.4, -0.2) is 23.7 Å². The van der Waals surface area contributed by atoms with Gasteiger partial charge in [-0.3, -0.25) is 4.79 Å². The Morgan fingerprint density at radius 3 is 2.79 bits per heavy atom. The van der Waals surface area contributed by atoms with Crippen molar-refractivity contribution in [3.8, 4) is 17.1 Å². The van der Waals surface area contributed by atoms with Crippen LogP contribution < -0.4 is 4.74 Å². The number of aryl methyl sites for hydroxylation is 1. The molecule has 2 aromatic carbocycles. The van der Waals surface area contributed by atoms with Gasteiger partial charge in [0.2, 0.25) is 0 Å². The van der Waals surface area contributed by atoms with E-state index in [1.54, 1.807) is 31.2 Å². The fraction of sp³-hybridized carbons (Fsp3) is 0.238. The molecule has 0 fully saturated rings. The number of halogens is 2. The standard InChI is InChI=1S/C21H19F2NO4/c1-14(13-26-16-6-4-5-15(22)11-16)27-21(25)10-9-20-24-12-19(28-20)17-7-2-3-8-18(17)23/h2-8,11-12,14H,9-10,13H2,1H3. The summed E-state index contributed by atoms with van der Waals surface area (Å²) in [7, 11) is 0. The fourth-order valence-electron chi connectivity index (χ4n) is 2.51. The average molecular weight is 387 g/mol. The largest absolute Gasteiger partial charge is 0.490 e. The van der Waals surface area contributed by atoms with Crippen LogP contribution in [0.4, 0.5) is 8.78 Å². The Morgan fingerprint density at radius 2 is 2.00 bits per heavy atom. The normalized spacial score (nSPS) is 11.8. The molecule has 0 saturated carbocycles. The van der Waals surface area contributed by atoms with Crippen molar-refractivity contribution in [2.75, 3.05) is 6.61 Å². The number of carbonyl (C=O) groups excluding carboxylic acids is 1. The van der Waals surface area contributed by atoms with Gasteiger partial charge in [-0.15, -0.1) is 0 Å². The lowest BCUT2D eigenvalue weighted by molar-refractivity contribution is -0.149. The Morgan fingerprint density at radius 1 is 1.18 bits per heavy atom. The number of rotatable bonds is 8. The van der Waals surface area contributed by atoms with E-state index in [2.05, 4.69) is 4.98 Å². The number of ether oxygens (including phenoxy) is 2. The molecule has 0 N–H and O–H groups in total. The number of hydrogen-bond donors (Lipinski definition) is 0. The summed E-state index contributed by atoms with van der Waals surface area (Å²) < 4.78 is 43.0.